The maximum atomic E-state index is 13.6. The van der Waals surface area contributed by atoms with Crippen LogP contribution in [0.5, 0.6) is 0 Å². The van der Waals surface area contributed by atoms with Crippen molar-refractivity contribution in [2.75, 3.05) is 0 Å². The van der Waals surface area contributed by atoms with Crippen molar-refractivity contribution >= 4 is 34.2 Å². The Morgan fingerprint density at radius 3 is 2.75 bits per heavy atom. The lowest BCUT2D eigenvalue weighted by molar-refractivity contribution is 0.620. The first-order valence-electron chi connectivity index (χ1n) is 4.65. The SMILES string of the molecule is Cc1c(Cl)cc(F)c(I)c1-c1ccnn1C. The normalized spacial score (nSPS) is 10.8. The number of benzene rings is 1. The summed E-state index contributed by atoms with van der Waals surface area (Å²) in [6.45, 7) is 1.88. The van der Waals surface area contributed by atoms with E-state index in [4.69, 9.17) is 11.6 Å². The van der Waals surface area contributed by atoms with E-state index in [9.17, 15) is 4.39 Å². The molecule has 0 atom stereocenters. The van der Waals surface area contributed by atoms with Gasteiger partial charge in [0, 0.05) is 23.8 Å². The smallest absolute Gasteiger partial charge is 0.138 e. The first-order chi connectivity index (χ1) is 7.52. The summed E-state index contributed by atoms with van der Waals surface area (Å²) in [6, 6.07) is 3.19. The second-order valence-electron chi connectivity index (χ2n) is 3.49. The first-order valence-corrected chi connectivity index (χ1v) is 6.10. The van der Waals surface area contributed by atoms with E-state index >= 15 is 0 Å². The molecule has 0 amide bonds. The van der Waals surface area contributed by atoms with Crippen molar-refractivity contribution in [1.82, 2.24) is 9.78 Å². The summed E-state index contributed by atoms with van der Waals surface area (Å²) < 4.78 is 15.9. The summed E-state index contributed by atoms with van der Waals surface area (Å²) in [5, 5.41) is 4.52. The van der Waals surface area contributed by atoms with Crippen LogP contribution >= 0.6 is 34.2 Å². The van der Waals surface area contributed by atoms with Gasteiger partial charge in [0.1, 0.15) is 5.82 Å². The van der Waals surface area contributed by atoms with Crippen molar-refractivity contribution in [3.05, 3.63) is 38.3 Å². The molecule has 0 saturated carbocycles. The van der Waals surface area contributed by atoms with Crippen LogP contribution in [0.1, 0.15) is 5.56 Å². The van der Waals surface area contributed by atoms with Crippen LogP contribution in [0, 0.1) is 16.3 Å². The third-order valence-electron chi connectivity index (χ3n) is 2.49. The van der Waals surface area contributed by atoms with Crippen LogP contribution in [-0.2, 0) is 7.05 Å². The molecule has 0 aliphatic rings. The molecule has 1 heterocycles. The highest BCUT2D eigenvalue weighted by molar-refractivity contribution is 14.1. The molecule has 0 aliphatic carbocycles. The molecule has 0 spiro atoms. The predicted octanol–water partition coefficient (Wildman–Crippen LogP) is 3.79. The fraction of sp³-hybridized carbons (Fsp3) is 0.182. The number of rotatable bonds is 1. The zero-order valence-electron chi connectivity index (χ0n) is 8.76. The van der Waals surface area contributed by atoms with Crippen molar-refractivity contribution in [2.24, 2.45) is 7.05 Å². The van der Waals surface area contributed by atoms with Crippen molar-refractivity contribution in [3.63, 3.8) is 0 Å². The second-order valence-corrected chi connectivity index (χ2v) is 4.98. The van der Waals surface area contributed by atoms with Crippen LogP contribution in [0.2, 0.25) is 5.02 Å². The molecule has 84 valence electrons. The highest BCUT2D eigenvalue weighted by Crippen LogP contribution is 2.34. The molecule has 0 aliphatic heterocycles. The van der Waals surface area contributed by atoms with E-state index in [1.54, 1.807) is 10.9 Å². The summed E-state index contributed by atoms with van der Waals surface area (Å²) in [5.74, 6) is -0.299. The van der Waals surface area contributed by atoms with Crippen LogP contribution in [0.4, 0.5) is 4.39 Å². The molecule has 5 heteroatoms. The molecule has 0 unspecified atom stereocenters. The molecule has 0 bridgehead atoms. The molecule has 1 aromatic carbocycles. The molecule has 1 aromatic heterocycles. The molecule has 2 aromatic rings. The summed E-state index contributed by atoms with van der Waals surface area (Å²) >= 11 is 7.98. The average Bonchev–Trinajstić information content (AvgIpc) is 2.63. The second kappa shape index (κ2) is 4.33. The van der Waals surface area contributed by atoms with Gasteiger partial charge in [0.25, 0.3) is 0 Å². The van der Waals surface area contributed by atoms with Crippen LogP contribution in [0.3, 0.4) is 0 Å². The van der Waals surface area contributed by atoms with E-state index in [2.05, 4.69) is 5.10 Å². The van der Waals surface area contributed by atoms with Crippen LogP contribution in [-0.4, -0.2) is 9.78 Å². The Morgan fingerprint density at radius 1 is 1.50 bits per heavy atom. The van der Waals surface area contributed by atoms with Crippen LogP contribution in [0.15, 0.2) is 18.3 Å². The number of aryl methyl sites for hydroxylation is 1. The Hall–Kier alpha value is -0.620. The van der Waals surface area contributed by atoms with Crippen molar-refractivity contribution in [2.45, 2.75) is 6.92 Å². The molecular weight excluding hydrogens is 341 g/mol. The molecule has 0 radical (unpaired) electrons. The van der Waals surface area contributed by atoms with Crippen molar-refractivity contribution in [3.8, 4) is 11.3 Å². The fourth-order valence-corrected chi connectivity index (χ4v) is 2.64. The van der Waals surface area contributed by atoms with Gasteiger partial charge in [-0.25, -0.2) is 4.39 Å². The van der Waals surface area contributed by atoms with Gasteiger partial charge in [-0.1, -0.05) is 11.6 Å². The lowest BCUT2D eigenvalue weighted by atomic mass is 10.1. The van der Waals surface area contributed by atoms with Crippen molar-refractivity contribution in [1.29, 1.82) is 0 Å². The van der Waals surface area contributed by atoms with Gasteiger partial charge in [-0.05, 0) is 47.2 Å². The quantitative estimate of drug-likeness (QED) is 0.565. The number of hydrogen-bond acceptors (Lipinski definition) is 1. The number of aromatic nitrogens is 2. The van der Waals surface area contributed by atoms with Crippen LogP contribution < -0.4 is 0 Å². The zero-order valence-corrected chi connectivity index (χ0v) is 11.7. The Bertz CT molecular complexity index is 525. The number of hydrogen-bond donors (Lipinski definition) is 0. The van der Waals surface area contributed by atoms with E-state index in [1.165, 1.54) is 6.07 Å². The summed E-state index contributed by atoms with van der Waals surface area (Å²) in [5.41, 5.74) is 2.55. The molecule has 0 fully saturated rings. The van der Waals surface area contributed by atoms with E-state index in [0.717, 1.165) is 16.8 Å². The molecule has 2 rings (SSSR count). The largest absolute Gasteiger partial charge is 0.268 e. The lowest BCUT2D eigenvalue weighted by Crippen LogP contribution is -1.99. The van der Waals surface area contributed by atoms with Gasteiger partial charge in [0.2, 0.25) is 0 Å². The summed E-state index contributed by atoms with van der Waals surface area (Å²) in [4.78, 5) is 0. The fourth-order valence-electron chi connectivity index (χ4n) is 1.61. The first kappa shape index (κ1) is 11.9. The third-order valence-corrected chi connectivity index (χ3v) is 3.94. The Kier molecular flexibility index (Phi) is 3.21. The maximum Gasteiger partial charge on any atom is 0.138 e. The van der Waals surface area contributed by atoms with Gasteiger partial charge >= 0.3 is 0 Å². The highest BCUT2D eigenvalue weighted by Gasteiger charge is 2.16. The zero-order chi connectivity index (χ0) is 11.9. The van der Waals surface area contributed by atoms with E-state index in [-0.39, 0.29) is 5.82 Å². The average molecular weight is 351 g/mol. The van der Waals surface area contributed by atoms with Crippen LogP contribution in [0.25, 0.3) is 11.3 Å². The summed E-state index contributed by atoms with van der Waals surface area (Å²) in [7, 11) is 1.82. The van der Waals surface area contributed by atoms with Gasteiger partial charge in [0.05, 0.1) is 9.26 Å². The molecule has 0 saturated heterocycles. The summed E-state index contributed by atoms with van der Waals surface area (Å²) in [6.07, 6.45) is 1.68. The van der Waals surface area contributed by atoms with E-state index in [0.29, 0.717) is 8.59 Å². The predicted molar refractivity (Wildman–Crippen MR) is 71.1 cm³/mol. The standard InChI is InChI=1S/C11H9ClFIN2/c1-6-7(12)5-8(13)11(14)10(6)9-3-4-15-16(9)2/h3-5H,1-2H3. The number of halogens is 3. The van der Waals surface area contributed by atoms with Gasteiger partial charge in [-0.15, -0.1) is 0 Å². The van der Waals surface area contributed by atoms with Gasteiger partial charge in [-0.3, -0.25) is 4.68 Å². The molecule has 2 nitrogen and oxygen atoms in total. The minimum absolute atomic E-state index is 0.299. The minimum atomic E-state index is -0.299. The van der Waals surface area contributed by atoms with E-state index < -0.39 is 0 Å². The van der Waals surface area contributed by atoms with Crippen molar-refractivity contribution < 1.29 is 4.39 Å². The van der Waals surface area contributed by atoms with Gasteiger partial charge in [-0.2, -0.15) is 5.10 Å². The Balaban J connectivity index is 2.79. The highest BCUT2D eigenvalue weighted by atomic mass is 127. The molecular formula is C11H9ClFIN2. The maximum absolute atomic E-state index is 13.6. The third kappa shape index (κ3) is 1.84. The molecule has 0 N–H and O–H groups in total. The van der Waals surface area contributed by atoms with Gasteiger partial charge in [0.15, 0.2) is 0 Å². The minimum Gasteiger partial charge on any atom is -0.268 e. The molecule has 16 heavy (non-hydrogen) atoms. The monoisotopic (exact) mass is 350 g/mol. The van der Waals surface area contributed by atoms with Gasteiger partial charge < -0.3 is 0 Å². The van der Waals surface area contributed by atoms with E-state index in [1.807, 2.05) is 42.6 Å². The number of nitrogens with zero attached hydrogens (tertiary/aromatic N) is 2. The Morgan fingerprint density at radius 2 is 2.19 bits per heavy atom. The topological polar surface area (TPSA) is 17.8 Å². The lowest BCUT2D eigenvalue weighted by Gasteiger charge is -2.11. The Labute approximate surface area is 112 Å².